The van der Waals surface area contributed by atoms with Crippen molar-refractivity contribution >= 4 is 29.0 Å². The largest absolute Gasteiger partial charge is 0.321 e. The third-order valence-electron chi connectivity index (χ3n) is 3.08. The average Bonchev–Trinajstić information content (AvgIpc) is 3.04. The third-order valence-corrected chi connectivity index (χ3v) is 4.18. The lowest BCUT2D eigenvalue weighted by Crippen LogP contribution is -2.07. The standard InChI is InChI=1S/C18H13FN2OS/c19-14-5-3-13(4-6-14)17-9-7-16(23-17)8-10-18(22)21-15-2-1-11-20-12-15/h1-12H,(H,21,22). The number of nitrogens with zero attached hydrogens (tertiary/aromatic N) is 1. The predicted molar refractivity (Wildman–Crippen MR) is 91.6 cm³/mol. The van der Waals surface area contributed by atoms with Gasteiger partial charge >= 0.3 is 0 Å². The Kier molecular flexibility index (Phi) is 4.59. The van der Waals surface area contributed by atoms with Crippen LogP contribution in [0.15, 0.2) is 67.0 Å². The molecular weight excluding hydrogens is 311 g/mol. The molecule has 3 nitrogen and oxygen atoms in total. The number of halogens is 1. The number of hydrogen-bond acceptors (Lipinski definition) is 3. The highest BCUT2D eigenvalue weighted by molar-refractivity contribution is 7.16. The SMILES string of the molecule is O=C(C=Cc1ccc(-c2ccc(F)cc2)s1)Nc1cccnc1. The first kappa shape index (κ1) is 15.1. The minimum atomic E-state index is -0.252. The molecule has 0 aliphatic carbocycles. The maximum Gasteiger partial charge on any atom is 0.248 e. The Hall–Kier alpha value is -2.79. The molecule has 23 heavy (non-hydrogen) atoms. The molecule has 2 aromatic heterocycles. The first-order valence-corrected chi connectivity index (χ1v) is 7.77. The number of anilines is 1. The monoisotopic (exact) mass is 324 g/mol. The van der Waals surface area contributed by atoms with Crippen LogP contribution in [0.4, 0.5) is 10.1 Å². The number of nitrogens with one attached hydrogen (secondary N) is 1. The summed E-state index contributed by atoms with van der Waals surface area (Å²) in [5, 5.41) is 2.73. The fourth-order valence-electron chi connectivity index (χ4n) is 1.99. The normalized spacial score (nSPS) is 10.8. The van der Waals surface area contributed by atoms with E-state index >= 15 is 0 Å². The van der Waals surface area contributed by atoms with Gasteiger partial charge in [0.05, 0.1) is 11.9 Å². The molecule has 0 bridgehead atoms. The number of thiophene rings is 1. The van der Waals surface area contributed by atoms with Crippen molar-refractivity contribution in [2.75, 3.05) is 5.32 Å². The zero-order valence-corrected chi connectivity index (χ0v) is 12.9. The van der Waals surface area contributed by atoms with Gasteiger partial charge in [-0.25, -0.2) is 4.39 Å². The Morgan fingerprint density at radius 2 is 1.96 bits per heavy atom. The van der Waals surface area contributed by atoms with E-state index in [1.165, 1.54) is 29.5 Å². The number of hydrogen-bond donors (Lipinski definition) is 1. The van der Waals surface area contributed by atoms with Gasteiger partial charge in [0.2, 0.25) is 5.91 Å². The van der Waals surface area contributed by atoms with Crippen molar-refractivity contribution in [1.29, 1.82) is 0 Å². The molecular formula is C18H13FN2OS. The van der Waals surface area contributed by atoms with E-state index in [0.717, 1.165) is 15.3 Å². The zero-order valence-electron chi connectivity index (χ0n) is 12.1. The Morgan fingerprint density at radius 3 is 2.70 bits per heavy atom. The Bertz CT molecular complexity index is 826. The van der Waals surface area contributed by atoms with E-state index in [-0.39, 0.29) is 11.7 Å². The first-order chi connectivity index (χ1) is 11.2. The van der Waals surface area contributed by atoms with E-state index in [2.05, 4.69) is 10.3 Å². The number of carbonyl (C=O) groups excluding carboxylic acids is 1. The van der Waals surface area contributed by atoms with Crippen LogP contribution in [0.25, 0.3) is 16.5 Å². The summed E-state index contributed by atoms with van der Waals surface area (Å²) < 4.78 is 12.9. The second kappa shape index (κ2) is 6.98. The maximum absolute atomic E-state index is 12.9. The summed E-state index contributed by atoms with van der Waals surface area (Å²) in [5.74, 6) is -0.466. The fourth-order valence-corrected chi connectivity index (χ4v) is 2.91. The van der Waals surface area contributed by atoms with Gasteiger partial charge in [-0.05, 0) is 48.0 Å². The van der Waals surface area contributed by atoms with Crippen LogP contribution in [-0.4, -0.2) is 10.9 Å². The Morgan fingerprint density at radius 1 is 1.13 bits per heavy atom. The molecule has 0 atom stereocenters. The van der Waals surface area contributed by atoms with Gasteiger partial charge in [-0.1, -0.05) is 12.1 Å². The zero-order chi connectivity index (χ0) is 16.1. The van der Waals surface area contributed by atoms with Gasteiger partial charge in [0, 0.05) is 22.0 Å². The molecule has 0 spiro atoms. The smallest absolute Gasteiger partial charge is 0.248 e. The van der Waals surface area contributed by atoms with Crippen LogP contribution in [0.2, 0.25) is 0 Å². The van der Waals surface area contributed by atoms with Gasteiger partial charge in [0.25, 0.3) is 0 Å². The third kappa shape index (κ3) is 4.11. The molecule has 3 aromatic rings. The molecule has 0 radical (unpaired) electrons. The molecule has 1 aromatic carbocycles. The van der Waals surface area contributed by atoms with E-state index in [9.17, 15) is 9.18 Å². The summed E-state index contributed by atoms with van der Waals surface area (Å²) in [6.45, 7) is 0. The molecule has 0 saturated carbocycles. The van der Waals surface area contributed by atoms with Gasteiger partial charge in [-0.3, -0.25) is 9.78 Å². The number of pyridine rings is 1. The molecule has 1 N–H and O–H groups in total. The van der Waals surface area contributed by atoms with Gasteiger partial charge in [0.1, 0.15) is 5.82 Å². The quantitative estimate of drug-likeness (QED) is 0.713. The van der Waals surface area contributed by atoms with Crippen LogP contribution in [0.3, 0.4) is 0 Å². The second-order valence-electron chi connectivity index (χ2n) is 4.77. The molecule has 2 heterocycles. The predicted octanol–water partition coefficient (Wildman–Crippen LogP) is 4.60. The molecule has 0 fully saturated rings. The maximum atomic E-state index is 12.9. The van der Waals surface area contributed by atoms with Crippen LogP contribution in [0.5, 0.6) is 0 Å². The van der Waals surface area contributed by atoms with Crippen molar-refractivity contribution in [2.45, 2.75) is 0 Å². The molecule has 0 aliphatic rings. The molecule has 3 rings (SSSR count). The topological polar surface area (TPSA) is 42.0 Å². The van der Waals surface area contributed by atoms with Gasteiger partial charge in [0.15, 0.2) is 0 Å². The number of carbonyl (C=O) groups is 1. The van der Waals surface area contributed by atoms with Crippen molar-refractivity contribution < 1.29 is 9.18 Å². The van der Waals surface area contributed by atoms with E-state index in [0.29, 0.717) is 5.69 Å². The summed E-state index contributed by atoms with van der Waals surface area (Å²) in [5.41, 5.74) is 1.61. The molecule has 5 heteroatoms. The lowest BCUT2D eigenvalue weighted by Gasteiger charge is -1.99. The molecule has 0 unspecified atom stereocenters. The first-order valence-electron chi connectivity index (χ1n) is 6.95. The van der Waals surface area contributed by atoms with Crippen molar-refractivity contribution in [2.24, 2.45) is 0 Å². The second-order valence-corrected chi connectivity index (χ2v) is 5.89. The highest BCUT2D eigenvalue weighted by atomic mass is 32.1. The Balaban J connectivity index is 1.66. The minimum absolute atomic E-state index is 0.213. The summed E-state index contributed by atoms with van der Waals surface area (Å²) in [6, 6.07) is 13.8. The molecule has 0 aliphatic heterocycles. The molecule has 1 amide bonds. The fraction of sp³-hybridized carbons (Fsp3) is 0. The van der Waals surface area contributed by atoms with Crippen LogP contribution in [0, 0.1) is 5.82 Å². The number of benzene rings is 1. The number of aromatic nitrogens is 1. The highest BCUT2D eigenvalue weighted by Gasteiger charge is 2.02. The lowest BCUT2D eigenvalue weighted by atomic mass is 10.2. The van der Waals surface area contributed by atoms with Gasteiger partial charge in [-0.2, -0.15) is 0 Å². The highest BCUT2D eigenvalue weighted by Crippen LogP contribution is 2.28. The molecule has 0 saturated heterocycles. The van der Waals surface area contributed by atoms with Crippen molar-refractivity contribution in [3.8, 4) is 10.4 Å². The van der Waals surface area contributed by atoms with Gasteiger partial charge < -0.3 is 5.32 Å². The summed E-state index contributed by atoms with van der Waals surface area (Å²) in [7, 11) is 0. The summed E-state index contributed by atoms with van der Waals surface area (Å²) in [6.07, 6.45) is 6.47. The average molecular weight is 324 g/mol. The van der Waals surface area contributed by atoms with E-state index in [1.54, 1.807) is 42.7 Å². The van der Waals surface area contributed by atoms with Crippen LogP contribution in [-0.2, 0) is 4.79 Å². The molecule has 114 valence electrons. The number of amides is 1. The van der Waals surface area contributed by atoms with Gasteiger partial charge in [-0.15, -0.1) is 11.3 Å². The van der Waals surface area contributed by atoms with Crippen LogP contribution >= 0.6 is 11.3 Å². The van der Waals surface area contributed by atoms with Crippen molar-refractivity contribution in [3.63, 3.8) is 0 Å². The van der Waals surface area contributed by atoms with Crippen molar-refractivity contribution in [1.82, 2.24) is 4.98 Å². The summed E-state index contributed by atoms with van der Waals surface area (Å²) >= 11 is 1.54. The van der Waals surface area contributed by atoms with Crippen LogP contribution in [0.1, 0.15) is 4.88 Å². The van der Waals surface area contributed by atoms with Crippen molar-refractivity contribution in [3.05, 3.63) is 77.7 Å². The number of rotatable bonds is 4. The van der Waals surface area contributed by atoms with E-state index in [1.807, 2.05) is 12.1 Å². The van der Waals surface area contributed by atoms with Crippen LogP contribution < -0.4 is 5.32 Å². The van der Waals surface area contributed by atoms with E-state index in [4.69, 9.17) is 0 Å². The summed E-state index contributed by atoms with van der Waals surface area (Å²) in [4.78, 5) is 17.7. The lowest BCUT2D eigenvalue weighted by molar-refractivity contribution is -0.111. The van der Waals surface area contributed by atoms with E-state index < -0.39 is 0 Å². The minimum Gasteiger partial charge on any atom is -0.321 e. The Labute approximate surface area is 137 Å².